The van der Waals surface area contributed by atoms with Crippen LogP contribution in [0, 0.1) is 0 Å². The lowest BCUT2D eigenvalue weighted by Gasteiger charge is -1.98. The Morgan fingerprint density at radius 1 is 1.29 bits per heavy atom. The third-order valence-corrected chi connectivity index (χ3v) is 4.41. The molecule has 1 aromatic heterocycles. The number of amides is 1. The minimum atomic E-state index is -0.271. The summed E-state index contributed by atoms with van der Waals surface area (Å²) in [4.78, 5) is 11.8. The molecule has 0 aliphatic rings. The highest BCUT2D eigenvalue weighted by molar-refractivity contribution is 7.15. The van der Waals surface area contributed by atoms with Crippen molar-refractivity contribution in [2.24, 2.45) is 0 Å². The molecule has 1 N–H and O–H groups in total. The van der Waals surface area contributed by atoms with E-state index >= 15 is 0 Å². The van der Waals surface area contributed by atoms with Crippen LogP contribution in [-0.4, -0.2) is 16.1 Å². The number of aromatic nitrogens is 2. The second kappa shape index (κ2) is 7.02. The van der Waals surface area contributed by atoms with Crippen molar-refractivity contribution < 1.29 is 4.79 Å². The molecule has 1 heterocycles. The van der Waals surface area contributed by atoms with Crippen LogP contribution in [0.3, 0.4) is 0 Å². The van der Waals surface area contributed by atoms with E-state index in [0.717, 1.165) is 10.6 Å². The van der Waals surface area contributed by atoms with E-state index in [9.17, 15) is 4.79 Å². The highest BCUT2D eigenvalue weighted by Gasteiger charge is 2.08. The summed E-state index contributed by atoms with van der Waals surface area (Å²) in [5.41, 5.74) is 0.791. The van der Waals surface area contributed by atoms with Gasteiger partial charge < -0.3 is 0 Å². The van der Waals surface area contributed by atoms with Crippen molar-refractivity contribution in [3.05, 3.63) is 44.9 Å². The maximum absolute atomic E-state index is 11.8. The third-order valence-electron chi connectivity index (χ3n) is 2.54. The molecule has 0 saturated carbocycles. The molecule has 1 amide bonds. The normalized spacial score (nSPS) is 11.3. The van der Waals surface area contributed by atoms with Gasteiger partial charge in [-0.1, -0.05) is 54.5 Å². The van der Waals surface area contributed by atoms with E-state index < -0.39 is 0 Å². The van der Waals surface area contributed by atoms with Gasteiger partial charge in [-0.2, -0.15) is 0 Å². The predicted octanol–water partition coefficient (Wildman–Crippen LogP) is 4.62. The maximum Gasteiger partial charge on any atom is 0.250 e. The van der Waals surface area contributed by atoms with Gasteiger partial charge in [0.2, 0.25) is 11.0 Å². The fourth-order valence-electron chi connectivity index (χ4n) is 1.45. The van der Waals surface area contributed by atoms with Crippen LogP contribution in [0.25, 0.3) is 6.08 Å². The van der Waals surface area contributed by atoms with Gasteiger partial charge in [-0.15, -0.1) is 10.2 Å². The monoisotopic (exact) mass is 341 g/mol. The molecule has 0 radical (unpaired) electrons. The summed E-state index contributed by atoms with van der Waals surface area (Å²) in [5.74, 6) is 0.0208. The number of rotatable bonds is 4. The Hall–Kier alpha value is -1.43. The summed E-state index contributed by atoms with van der Waals surface area (Å²) in [6, 6.07) is 5.15. The molecule has 7 heteroatoms. The van der Waals surface area contributed by atoms with Crippen LogP contribution in [-0.2, 0) is 4.79 Å². The summed E-state index contributed by atoms with van der Waals surface area (Å²) in [7, 11) is 0. The van der Waals surface area contributed by atoms with Crippen molar-refractivity contribution in [2.75, 3.05) is 5.32 Å². The van der Waals surface area contributed by atoms with Crippen LogP contribution in [0.5, 0.6) is 0 Å². The number of carbonyl (C=O) groups excluding carboxylic acids is 1. The minimum absolute atomic E-state index is 0.271. The first-order valence-corrected chi connectivity index (χ1v) is 7.80. The van der Waals surface area contributed by atoms with Crippen LogP contribution >= 0.6 is 34.5 Å². The molecule has 110 valence electrons. The van der Waals surface area contributed by atoms with Gasteiger partial charge in [0.1, 0.15) is 5.01 Å². The fourth-order valence-corrected chi connectivity index (χ4v) is 2.51. The lowest BCUT2D eigenvalue weighted by atomic mass is 10.2. The summed E-state index contributed by atoms with van der Waals surface area (Å²) in [5, 5.41) is 12.9. The van der Waals surface area contributed by atoms with Gasteiger partial charge in [0.25, 0.3) is 0 Å². The predicted molar refractivity (Wildman–Crippen MR) is 88.1 cm³/mol. The Labute approximate surface area is 136 Å². The molecular formula is C14H13Cl2N3OS. The van der Waals surface area contributed by atoms with Crippen molar-refractivity contribution in [1.82, 2.24) is 10.2 Å². The van der Waals surface area contributed by atoms with E-state index in [0.29, 0.717) is 21.1 Å². The average Bonchev–Trinajstić information content (AvgIpc) is 2.89. The SMILES string of the molecule is CC(C)c1nnc(NC(=O)/C=C/c2ccc(Cl)c(Cl)c2)s1. The molecular weight excluding hydrogens is 329 g/mol. The molecule has 21 heavy (non-hydrogen) atoms. The highest BCUT2D eigenvalue weighted by Crippen LogP contribution is 2.24. The summed E-state index contributed by atoms with van der Waals surface area (Å²) in [6.07, 6.45) is 3.07. The number of benzene rings is 1. The minimum Gasteiger partial charge on any atom is -0.297 e. The first-order valence-electron chi connectivity index (χ1n) is 6.23. The van der Waals surface area contributed by atoms with Crippen molar-refractivity contribution in [1.29, 1.82) is 0 Å². The Kier molecular flexibility index (Phi) is 5.33. The lowest BCUT2D eigenvalue weighted by Crippen LogP contribution is -2.07. The first kappa shape index (κ1) is 15.9. The number of nitrogens with zero attached hydrogens (tertiary/aromatic N) is 2. The highest BCUT2D eigenvalue weighted by atomic mass is 35.5. The van der Waals surface area contributed by atoms with Crippen LogP contribution in [0.2, 0.25) is 10.0 Å². The lowest BCUT2D eigenvalue weighted by molar-refractivity contribution is -0.111. The van der Waals surface area contributed by atoms with Gasteiger partial charge in [0.05, 0.1) is 10.0 Å². The van der Waals surface area contributed by atoms with E-state index in [-0.39, 0.29) is 5.91 Å². The average molecular weight is 342 g/mol. The van der Waals surface area contributed by atoms with E-state index in [1.165, 1.54) is 17.4 Å². The quantitative estimate of drug-likeness (QED) is 0.825. The van der Waals surface area contributed by atoms with Gasteiger partial charge in [-0.3, -0.25) is 10.1 Å². The molecule has 0 aliphatic carbocycles. The molecule has 0 saturated heterocycles. The summed E-state index contributed by atoms with van der Waals surface area (Å²) >= 11 is 13.1. The van der Waals surface area contributed by atoms with E-state index in [4.69, 9.17) is 23.2 Å². The smallest absolute Gasteiger partial charge is 0.250 e. The number of hydrogen-bond acceptors (Lipinski definition) is 4. The zero-order chi connectivity index (χ0) is 15.4. The first-order chi connectivity index (χ1) is 9.95. The Balaban J connectivity index is 2.00. The van der Waals surface area contributed by atoms with Gasteiger partial charge in [-0.05, 0) is 23.8 Å². The van der Waals surface area contributed by atoms with Crippen molar-refractivity contribution >= 4 is 51.7 Å². The molecule has 2 aromatic rings. The largest absolute Gasteiger partial charge is 0.297 e. The molecule has 2 rings (SSSR count). The Bertz CT molecular complexity index is 683. The topological polar surface area (TPSA) is 54.9 Å². The zero-order valence-corrected chi connectivity index (χ0v) is 13.8. The molecule has 0 fully saturated rings. The number of anilines is 1. The van der Waals surface area contributed by atoms with Crippen molar-refractivity contribution in [2.45, 2.75) is 19.8 Å². The van der Waals surface area contributed by atoms with E-state index in [2.05, 4.69) is 15.5 Å². The second-order valence-corrected chi connectivity index (χ2v) is 6.42. The second-order valence-electron chi connectivity index (χ2n) is 4.60. The van der Waals surface area contributed by atoms with Gasteiger partial charge in [0.15, 0.2) is 0 Å². The van der Waals surface area contributed by atoms with Gasteiger partial charge >= 0.3 is 0 Å². The zero-order valence-electron chi connectivity index (χ0n) is 11.4. The molecule has 0 unspecified atom stereocenters. The molecule has 1 aromatic carbocycles. The van der Waals surface area contributed by atoms with Crippen LogP contribution in [0.15, 0.2) is 24.3 Å². The molecule has 0 bridgehead atoms. The molecule has 0 aliphatic heterocycles. The number of carbonyl (C=O) groups is 1. The Morgan fingerprint density at radius 2 is 2.05 bits per heavy atom. The van der Waals surface area contributed by atoms with Gasteiger partial charge in [0, 0.05) is 12.0 Å². The molecule has 0 spiro atoms. The van der Waals surface area contributed by atoms with E-state index in [1.54, 1.807) is 24.3 Å². The van der Waals surface area contributed by atoms with Crippen LogP contribution in [0.4, 0.5) is 5.13 Å². The number of hydrogen-bond donors (Lipinski definition) is 1. The number of nitrogens with one attached hydrogen (secondary N) is 1. The fraction of sp³-hybridized carbons (Fsp3) is 0.214. The maximum atomic E-state index is 11.8. The van der Waals surface area contributed by atoms with Gasteiger partial charge in [-0.25, -0.2) is 0 Å². The standard InChI is InChI=1S/C14H13Cl2N3OS/c1-8(2)13-18-19-14(21-13)17-12(20)6-4-9-3-5-10(15)11(16)7-9/h3-8H,1-2H3,(H,17,19,20)/b6-4+. The third kappa shape index (κ3) is 4.52. The summed E-state index contributed by atoms with van der Waals surface area (Å²) in [6.45, 7) is 4.05. The molecule has 4 nitrogen and oxygen atoms in total. The number of halogens is 2. The Morgan fingerprint density at radius 3 is 2.67 bits per heavy atom. The van der Waals surface area contributed by atoms with Crippen molar-refractivity contribution in [3.8, 4) is 0 Å². The van der Waals surface area contributed by atoms with Crippen molar-refractivity contribution in [3.63, 3.8) is 0 Å². The molecule has 0 atom stereocenters. The van der Waals surface area contributed by atoms with Crippen LogP contribution < -0.4 is 5.32 Å². The van der Waals surface area contributed by atoms with Crippen LogP contribution in [0.1, 0.15) is 30.3 Å². The summed E-state index contributed by atoms with van der Waals surface area (Å²) < 4.78 is 0. The van der Waals surface area contributed by atoms with E-state index in [1.807, 2.05) is 13.8 Å².